The second-order valence-electron chi connectivity index (χ2n) is 14.7. The first-order valence-corrected chi connectivity index (χ1v) is 16.2. The minimum absolute atomic E-state index is 0.0384. The summed E-state index contributed by atoms with van der Waals surface area (Å²) >= 11 is 0. The van der Waals surface area contributed by atoms with Crippen molar-refractivity contribution < 1.29 is 68.8 Å². The maximum atomic E-state index is 14.1. The highest BCUT2D eigenvalue weighted by Crippen LogP contribution is 2.55. The van der Waals surface area contributed by atoms with Crippen LogP contribution in [0, 0.1) is 35.0 Å². The number of ketones is 4. The molecule has 3 aliphatic carbocycles. The van der Waals surface area contributed by atoms with Gasteiger partial charge in [0.05, 0.1) is 17.9 Å². The third-order valence-corrected chi connectivity index (χ3v) is 10.6. The Kier molecular flexibility index (Phi) is 10.1. The molecule has 8 unspecified atom stereocenters. The second-order valence-corrected chi connectivity index (χ2v) is 14.7. The van der Waals surface area contributed by atoms with E-state index in [1.54, 1.807) is 6.92 Å². The molecule has 260 valence electrons. The van der Waals surface area contributed by atoms with E-state index < -0.39 is 112 Å². The SMILES string of the molecule is CC1CC2OC(O)(C3CCCCC3)OC2(C(=O)C(O)(O)OC(=O)C(C)C)CCC(O)C(C2(C)CC(=O)C(=O)C(=O)C2C(C)(O)O)C1. The zero-order valence-electron chi connectivity index (χ0n) is 27.1. The molecular formula is C32H48O14. The monoisotopic (exact) mass is 656 g/mol. The highest BCUT2D eigenvalue weighted by Gasteiger charge is 2.68. The Morgan fingerprint density at radius 1 is 1.00 bits per heavy atom. The lowest BCUT2D eigenvalue weighted by Gasteiger charge is -2.50. The van der Waals surface area contributed by atoms with E-state index in [-0.39, 0.29) is 19.3 Å². The van der Waals surface area contributed by atoms with Gasteiger partial charge in [0, 0.05) is 12.3 Å². The van der Waals surface area contributed by atoms with Crippen molar-refractivity contribution in [3.05, 3.63) is 0 Å². The van der Waals surface area contributed by atoms with E-state index in [4.69, 9.17) is 14.2 Å². The topological polar surface area (TPSA) is 234 Å². The molecule has 46 heavy (non-hydrogen) atoms. The average molecular weight is 657 g/mol. The number of esters is 1. The van der Waals surface area contributed by atoms with Gasteiger partial charge in [-0.25, -0.2) is 0 Å². The molecule has 4 aliphatic rings. The van der Waals surface area contributed by atoms with Crippen LogP contribution in [0.1, 0.15) is 98.8 Å². The lowest BCUT2D eigenvalue weighted by Crippen LogP contribution is -2.61. The number of rotatable bonds is 7. The van der Waals surface area contributed by atoms with Crippen molar-refractivity contribution >= 4 is 29.1 Å². The van der Waals surface area contributed by atoms with E-state index in [1.165, 1.54) is 20.8 Å². The molecular weight excluding hydrogens is 608 g/mol. The number of aliphatic hydroxyl groups excluding tert-OH is 1. The summed E-state index contributed by atoms with van der Waals surface area (Å²) in [5.74, 6) is -19.7. The third kappa shape index (κ3) is 6.59. The number of carbonyl (C=O) groups is 5. The van der Waals surface area contributed by atoms with Gasteiger partial charge in [-0.15, -0.1) is 0 Å². The summed E-state index contributed by atoms with van der Waals surface area (Å²) in [6.07, 6.45) is -0.802. The summed E-state index contributed by atoms with van der Waals surface area (Å²) in [5.41, 5.74) is -3.96. The minimum atomic E-state index is -3.70. The Morgan fingerprint density at radius 2 is 1.61 bits per heavy atom. The first-order valence-electron chi connectivity index (χ1n) is 16.2. The maximum Gasteiger partial charge on any atom is 0.391 e. The second kappa shape index (κ2) is 12.7. The maximum absolute atomic E-state index is 14.1. The van der Waals surface area contributed by atoms with Crippen LogP contribution in [0.3, 0.4) is 0 Å². The Hall–Kier alpha value is -2.17. The molecule has 6 N–H and O–H groups in total. The number of hydrogen-bond donors (Lipinski definition) is 6. The molecule has 0 spiro atoms. The molecule has 0 bridgehead atoms. The van der Waals surface area contributed by atoms with E-state index in [9.17, 15) is 54.6 Å². The molecule has 14 heteroatoms. The van der Waals surface area contributed by atoms with Crippen LogP contribution in [-0.2, 0) is 38.2 Å². The number of aliphatic hydroxyl groups is 6. The van der Waals surface area contributed by atoms with Crippen LogP contribution in [0.25, 0.3) is 0 Å². The van der Waals surface area contributed by atoms with Crippen molar-refractivity contribution in [3.63, 3.8) is 0 Å². The third-order valence-electron chi connectivity index (χ3n) is 10.6. The molecule has 14 nitrogen and oxygen atoms in total. The van der Waals surface area contributed by atoms with Gasteiger partial charge in [0.2, 0.25) is 11.6 Å². The Bertz CT molecular complexity index is 1230. The molecule has 4 rings (SSSR count). The van der Waals surface area contributed by atoms with Gasteiger partial charge in [0.1, 0.15) is 6.10 Å². The fraction of sp³-hybridized carbons (Fsp3) is 0.844. The van der Waals surface area contributed by atoms with Crippen molar-refractivity contribution in [2.75, 3.05) is 0 Å². The number of Topliss-reactive ketones (excluding diaryl/α,β-unsaturated/α-hetero) is 4. The van der Waals surface area contributed by atoms with E-state index in [0.717, 1.165) is 26.2 Å². The molecule has 4 fully saturated rings. The van der Waals surface area contributed by atoms with Gasteiger partial charge in [0.15, 0.2) is 11.4 Å². The molecule has 0 aromatic rings. The van der Waals surface area contributed by atoms with Crippen molar-refractivity contribution in [3.8, 4) is 0 Å². The summed E-state index contributed by atoms with van der Waals surface area (Å²) < 4.78 is 17.0. The Labute approximate surface area is 267 Å². The number of fused-ring (bicyclic) bond motifs is 1. The molecule has 0 amide bonds. The molecule has 0 aromatic heterocycles. The van der Waals surface area contributed by atoms with Crippen LogP contribution in [0.15, 0.2) is 0 Å². The summed E-state index contributed by atoms with van der Waals surface area (Å²) in [7, 11) is 0. The van der Waals surface area contributed by atoms with Crippen molar-refractivity contribution in [2.45, 2.75) is 134 Å². The summed E-state index contributed by atoms with van der Waals surface area (Å²) in [4.78, 5) is 64.6. The highest BCUT2D eigenvalue weighted by molar-refractivity contribution is 6.65. The van der Waals surface area contributed by atoms with Crippen LogP contribution in [0.5, 0.6) is 0 Å². The van der Waals surface area contributed by atoms with Crippen LogP contribution >= 0.6 is 0 Å². The van der Waals surface area contributed by atoms with E-state index in [1.807, 2.05) is 0 Å². The summed E-state index contributed by atoms with van der Waals surface area (Å²) in [6, 6.07) is 0. The van der Waals surface area contributed by atoms with Gasteiger partial charge < -0.3 is 44.8 Å². The molecule has 0 aromatic carbocycles. The van der Waals surface area contributed by atoms with Crippen LogP contribution in [0.2, 0.25) is 0 Å². The first-order chi connectivity index (χ1) is 21.1. The predicted molar refractivity (Wildman–Crippen MR) is 155 cm³/mol. The lowest BCUT2D eigenvalue weighted by atomic mass is 9.54. The fourth-order valence-corrected chi connectivity index (χ4v) is 8.27. The number of carbonyl (C=O) groups excluding carboxylic acids is 5. The fourth-order valence-electron chi connectivity index (χ4n) is 8.27. The van der Waals surface area contributed by atoms with Crippen LogP contribution in [0.4, 0.5) is 0 Å². The van der Waals surface area contributed by atoms with Gasteiger partial charge >= 0.3 is 11.9 Å². The van der Waals surface area contributed by atoms with E-state index in [2.05, 4.69) is 0 Å². The van der Waals surface area contributed by atoms with Gasteiger partial charge in [-0.05, 0) is 62.7 Å². The Morgan fingerprint density at radius 3 is 2.17 bits per heavy atom. The standard InChI is InChI=1S/C32H48O14/c1-16(2)26(37)45-31(41,42)27(38)30-12-11-20(33)19(28(4)15-21(34)23(35)24(36)25(28)29(5,39)40)13-17(3)14-22(30)44-32(43,46-30)18-9-7-6-8-10-18/h16-20,22,25,33,39-43H,6-15H2,1-5H3. The van der Waals surface area contributed by atoms with E-state index >= 15 is 0 Å². The normalized spacial score (nSPS) is 38.6. The van der Waals surface area contributed by atoms with Crippen molar-refractivity contribution in [2.24, 2.45) is 35.0 Å². The van der Waals surface area contributed by atoms with E-state index in [0.29, 0.717) is 12.8 Å². The number of ether oxygens (including phenoxy) is 3. The van der Waals surface area contributed by atoms with Gasteiger partial charge in [-0.3, -0.25) is 24.0 Å². The molecule has 0 radical (unpaired) electrons. The van der Waals surface area contributed by atoms with Gasteiger partial charge in [0.25, 0.3) is 17.5 Å². The molecule has 1 saturated heterocycles. The predicted octanol–water partition coefficient (Wildman–Crippen LogP) is 0.395. The minimum Gasteiger partial charge on any atom is -0.401 e. The summed E-state index contributed by atoms with van der Waals surface area (Å²) in [5, 5.41) is 66.4. The van der Waals surface area contributed by atoms with Gasteiger partial charge in [-0.1, -0.05) is 47.0 Å². The quantitative estimate of drug-likeness (QED) is 0.124. The largest absolute Gasteiger partial charge is 0.401 e. The summed E-state index contributed by atoms with van der Waals surface area (Å²) in [6.45, 7) is 6.90. The highest BCUT2D eigenvalue weighted by atomic mass is 16.9. The zero-order chi connectivity index (χ0) is 34.6. The Balaban J connectivity index is 1.77. The zero-order valence-corrected chi connectivity index (χ0v) is 27.1. The average Bonchev–Trinajstić information content (AvgIpc) is 3.26. The lowest BCUT2D eigenvalue weighted by molar-refractivity contribution is -0.360. The molecule has 1 aliphatic heterocycles. The number of hydrogen-bond acceptors (Lipinski definition) is 14. The molecule has 3 saturated carbocycles. The van der Waals surface area contributed by atoms with Crippen LogP contribution < -0.4 is 0 Å². The van der Waals surface area contributed by atoms with Crippen LogP contribution in [-0.4, -0.2) is 95.3 Å². The van der Waals surface area contributed by atoms with Crippen molar-refractivity contribution in [1.29, 1.82) is 0 Å². The molecule has 1 heterocycles. The van der Waals surface area contributed by atoms with Gasteiger partial charge in [-0.2, -0.15) is 0 Å². The molecule has 8 atom stereocenters. The first kappa shape index (κ1) is 36.7. The van der Waals surface area contributed by atoms with Crippen molar-refractivity contribution in [1.82, 2.24) is 0 Å². The smallest absolute Gasteiger partial charge is 0.391 e.